The van der Waals surface area contributed by atoms with E-state index >= 15 is 0 Å². The normalized spacial score (nSPS) is 21.0. The lowest BCUT2D eigenvalue weighted by Gasteiger charge is -2.30. The Morgan fingerprint density at radius 3 is 2.27 bits per heavy atom. The van der Waals surface area contributed by atoms with Crippen molar-refractivity contribution in [1.82, 2.24) is 0 Å². The van der Waals surface area contributed by atoms with Crippen LogP contribution in [0.1, 0.15) is 163 Å². The molecule has 0 bridgehead atoms. The van der Waals surface area contributed by atoms with Gasteiger partial charge in [0.25, 0.3) is 0 Å². The van der Waals surface area contributed by atoms with E-state index in [2.05, 4.69) is 195 Å². The Labute approximate surface area is 399 Å². The summed E-state index contributed by atoms with van der Waals surface area (Å²) in [7, 11) is 0.897. The Morgan fingerprint density at radius 2 is 1.55 bits per heavy atom. The molecule has 338 valence electrons. The Bertz CT molecular complexity index is 2740. The first-order chi connectivity index (χ1) is 31.9. The molecule has 2 heteroatoms. The summed E-state index contributed by atoms with van der Waals surface area (Å²) in [5.41, 5.74) is 26.8. The molecule has 2 atom stereocenters. The van der Waals surface area contributed by atoms with E-state index in [1.807, 2.05) is 0 Å². The molecular formula is C64H74BN. The fourth-order valence-electron chi connectivity index (χ4n) is 11.9. The monoisotopic (exact) mass is 868 g/mol. The topological polar surface area (TPSA) is 12.0 Å². The molecule has 0 aliphatic heterocycles. The van der Waals surface area contributed by atoms with E-state index in [0.717, 1.165) is 38.7 Å². The third-order valence-corrected chi connectivity index (χ3v) is 16.3. The van der Waals surface area contributed by atoms with Crippen molar-refractivity contribution in [3.05, 3.63) is 194 Å². The van der Waals surface area contributed by atoms with Crippen LogP contribution in [0.2, 0.25) is 0 Å². The molecule has 0 aromatic heterocycles. The maximum absolute atomic E-state index is 4.09. The van der Waals surface area contributed by atoms with Crippen LogP contribution in [0.15, 0.2) is 150 Å². The number of nitrogens with one attached hydrogen (secondary N) is 1. The number of anilines is 1. The predicted molar refractivity (Wildman–Crippen MR) is 290 cm³/mol. The van der Waals surface area contributed by atoms with E-state index in [1.165, 1.54) is 122 Å². The molecule has 4 aromatic rings. The third kappa shape index (κ3) is 8.95. The van der Waals surface area contributed by atoms with Crippen molar-refractivity contribution in [2.24, 2.45) is 17.8 Å². The van der Waals surface area contributed by atoms with E-state index in [0.29, 0.717) is 17.8 Å². The Balaban J connectivity index is 1.24. The van der Waals surface area contributed by atoms with E-state index in [4.69, 9.17) is 0 Å². The maximum Gasteiger partial charge on any atom is 0.188 e. The van der Waals surface area contributed by atoms with Crippen molar-refractivity contribution in [3.63, 3.8) is 0 Å². The van der Waals surface area contributed by atoms with Crippen LogP contribution in [0.5, 0.6) is 0 Å². The minimum absolute atomic E-state index is 0.103. The number of hydrogen-bond acceptors (Lipinski definition) is 1. The number of rotatable bonds is 13. The molecule has 1 nitrogen and oxygen atoms in total. The zero-order valence-corrected chi connectivity index (χ0v) is 41.7. The lowest BCUT2D eigenvalue weighted by Crippen LogP contribution is -2.29. The smallest absolute Gasteiger partial charge is 0.188 e. The number of hydrogen-bond donors (Lipinski definition) is 1. The van der Waals surface area contributed by atoms with E-state index < -0.39 is 0 Å². The fourth-order valence-corrected chi connectivity index (χ4v) is 11.9. The number of allylic oxidation sites excluding steroid dienone is 15. The van der Waals surface area contributed by atoms with Crippen molar-refractivity contribution < 1.29 is 0 Å². The first-order valence-corrected chi connectivity index (χ1v) is 25.7. The lowest BCUT2D eigenvalue weighted by atomic mass is 9.56. The van der Waals surface area contributed by atoms with Crippen molar-refractivity contribution in [2.75, 3.05) is 5.32 Å². The molecule has 5 aliphatic carbocycles. The molecule has 0 amide bonds. The highest BCUT2D eigenvalue weighted by molar-refractivity contribution is 6.63. The highest BCUT2D eigenvalue weighted by Crippen LogP contribution is 2.52. The molecule has 9 rings (SSSR count). The van der Waals surface area contributed by atoms with Gasteiger partial charge in [-0.15, -0.1) is 0 Å². The van der Waals surface area contributed by atoms with Gasteiger partial charge >= 0.3 is 0 Å². The minimum Gasteiger partial charge on any atom is -0.355 e. The largest absolute Gasteiger partial charge is 0.355 e. The highest BCUT2D eigenvalue weighted by Gasteiger charge is 2.39. The molecule has 1 N–H and O–H groups in total. The first kappa shape index (κ1) is 45.8. The van der Waals surface area contributed by atoms with Crippen molar-refractivity contribution in [1.29, 1.82) is 0 Å². The van der Waals surface area contributed by atoms with Gasteiger partial charge in [0.2, 0.25) is 0 Å². The Kier molecular flexibility index (Phi) is 13.5. The van der Waals surface area contributed by atoms with Gasteiger partial charge in [-0.3, -0.25) is 0 Å². The van der Waals surface area contributed by atoms with Crippen LogP contribution in [0.3, 0.4) is 0 Å². The SMILES string of the molecule is CC/C=C\C=C/CC1=C(C2CCC2)C=C(Nc2ccc(C)cc2)C(c2cc3c(c(C)c2B/C(C)=C(\C)c2cc(C4=CCCC=CC4C)ccc2C2CCC2)C(C)(C)c2ccccc2-3)=CC1C. The van der Waals surface area contributed by atoms with E-state index in [9.17, 15) is 0 Å². The third-order valence-electron chi connectivity index (χ3n) is 16.3. The maximum atomic E-state index is 4.09. The summed E-state index contributed by atoms with van der Waals surface area (Å²) in [6.45, 7) is 21.5. The minimum atomic E-state index is -0.103. The lowest BCUT2D eigenvalue weighted by molar-refractivity contribution is 0.369. The molecule has 66 heavy (non-hydrogen) atoms. The second-order valence-electron chi connectivity index (χ2n) is 21.1. The zero-order valence-electron chi connectivity index (χ0n) is 41.7. The zero-order chi connectivity index (χ0) is 46.1. The van der Waals surface area contributed by atoms with E-state index in [-0.39, 0.29) is 11.3 Å². The summed E-state index contributed by atoms with van der Waals surface area (Å²) in [5, 5.41) is 4.09. The van der Waals surface area contributed by atoms with Gasteiger partial charge < -0.3 is 5.32 Å². The molecule has 4 aromatic carbocycles. The summed E-state index contributed by atoms with van der Waals surface area (Å²) in [6.07, 6.45) is 33.7. The van der Waals surface area contributed by atoms with Crippen molar-refractivity contribution >= 4 is 35.1 Å². The summed E-state index contributed by atoms with van der Waals surface area (Å²) >= 11 is 0. The number of aryl methyl sites for hydroxylation is 1. The van der Waals surface area contributed by atoms with Gasteiger partial charge in [0.05, 0.1) is 0 Å². The summed E-state index contributed by atoms with van der Waals surface area (Å²) in [4.78, 5) is 0. The number of benzene rings is 4. The summed E-state index contributed by atoms with van der Waals surface area (Å²) in [6, 6.07) is 28.4. The van der Waals surface area contributed by atoms with Crippen LogP contribution >= 0.6 is 0 Å². The highest BCUT2D eigenvalue weighted by atomic mass is 14.9. The first-order valence-electron chi connectivity index (χ1n) is 25.7. The Hall–Kier alpha value is -5.34. The van der Waals surface area contributed by atoms with Crippen LogP contribution in [0.4, 0.5) is 5.69 Å². The van der Waals surface area contributed by atoms with Gasteiger partial charge in [0, 0.05) is 22.4 Å². The standard InChI is InChI=1S/C64H74BN/c1-10-11-12-13-16-28-52-43(4)37-57(61(40-56(52)48-25-21-26-48)66-50-34-31-41(2)32-35-50)59-39-58-54-29-18-19-30-60(54)64(8,9)62(58)45(6)63(59)65-46(7)44(5)55-38-49(33-36-53(55)47-23-20-24-47)51-27-17-14-15-22-42(51)3/h11-13,15-16,18-19,22,27,29-40,42-43,47-48,65-66H,10,14,17,20-21,23-26,28H2,1-9H3/b12-11-,16-13-,46-44+. The molecule has 2 unspecified atom stereocenters. The quantitative estimate of drug-likeness (QED) is 0.0802. The molecule has 0 spiro atoms. The molecule has 0 heterocycles. The van der Waals surface area contributed by atoms with Gasteiger partial charge in [-0.2, -0.15) is 0 Å². The van der Waals surface area contributed by atoms with E-state index in [1.54, 1.807) is 16.7 Å². The van der Waals surface area contributed by atoms with Crippen molar-refractivity contribution in [2.45, 2.75) is 138 Å². The van der Waals surface area contributed by atoms with Gasteiger partial charge in [-0.05, 0) is 182 Å². The number of fused-ring (bicyclic) bond motifs is 3. The fraction of sp³-hybridized carbons (Fsp3) is 0.375. The van der Waals surface area contributed by atoms with Crippen molar-refractivity contribution in [3.8, 4) is 11.1 Å². The summed E-state index contributed by atoms with van der Waals surface area (Å²) in [5.74, 6) is 1.94. The molecule has 2 fully saturated rings. The molecular weight excluding hydrogens is 794 g/mol. The molecule has 0 radical (unpaired) electrons. The molecule has 2 saturated carbocycles. The van der Waals surface area contributed by atoms with Crippen LogP contribution in [0.25, 0.3) is 27.8 Å². The van der Waals surface area contributed by atoms with Gasteiger partial charge in [0.15, 0.2) is 7.28 Å². The summed E-state index contributed by atoms with van der Waals surface area (Å²) < 4.78 is 0. The van der Waals surface area contributed by atoms with Crippen LogP contribution in [0, 0.1) is 31.6 Å². The Morgan fingerprint density at radius 1 is 0.803 bits per heavy atom. The van der Waals surface area contributed by atoms with Crippen LogP contribution in [-0.4, -0.2) is 7.28 Å². The van der Waals surface area contributed by atoms with Gasteiger partial charge in [-0.25, -0.2) is 0 Å². The second-order valence-corrected chi connectivity index (χ2v) is 21.1. The average molecular weight is 868 g/mol. The molecule has 0 saturated heterocycles. The van der Waals surface area contributed by atoms with Gasteiger partial charge in [-0.1, -0.05) is 185 Å². The van der Waals surface area contributed by atoms with Crippen LogP contribution in [-0.2, 0) is 5.41 Å². The molecule has 5 aliphatic rings. The predicted octanol–water partition coefficient (Wildman–Crippen LogP) is 16.8. The average Bonchev–Trinajstić information content (AvgIpc) is 3.39. The van der Waals surface area contributed by atoms with Gasteiger partial charge in [0.1, 0.15) is 0 Å². The van der Waals surface area contributed by atoms with Crippen LogP contribution < -0.4 is 10.8 Å². The second kappa shape index (κ2) is 19.5.